The average molecular weight is 340 g/mol. The van der Waals surface area contributed by atoms with Crippen LogP contribution in [0.15, 0.2) is 42.5 Å². The minimum absolute atomic E-state index is 0.0924. The molecule has 1 heterocycles. The molecule has 0 radical (unpaired) electrons. The Morgan fingerprint density at radius 2 is 1.88 bits per heavy atom. The Kier molecular flexibility index (Phi) is 4.88. The Labute approximate surface area is 146 Å². The molecule has 0 unspecified atom stereocenters. The summed E-state index contributed by atoms with van der Waals surface area (Å²) in [5.41, 5.74) is 2.46. The minimum atomic E-state index is -0.168. The molecule has 0 aromatic heterocycles. The monoisotopic (exact) mass is 340 g/mol. The molecule has 130 valence electrons. The second-order valence-electron chi connectivity index (χ2n) is 5.82. The van der Waals surface area contributed by atoms with E-state index in [0.29, 0.717) is 23.7 Å². The van der Waals surface area contributed by atoms with Crippen molar-refractivity contribution >= 4 is 23.2 Å². The molecule has 1 aliphatic rings. The number of nitrogens with zero attached hydrogens (tertiary/aromatic N) is 1. The fourth-order valence-electron chi connectivity index (χ4n) is 2.72. The molecule has 2 aromatic rings. The summed E-state index contributed by atoms with van der Waals surface area (Å²) in [5.74, 6) is 1.02. The van der Waals surface area contributed by atoms with Gasteiger partial charge in [-0.05, 0) is 30.7 Å². The molecule has 1 N–H and O–H groups in total. The van der Waals surface area contributed by atoms with Crippen molar-refractivity contribution in [2.45, 2.75) is 20.3 Å². The number of ether oxygens (including phenoxy) is 2. The van der Waals surface area contributed by atoms with Crippen LogP contribution < -0.4 is 19.7 Å². The SMILES string of the molecule is CC(=O)N(CCC(=O)Nc1ccc2c(c1)OCO2)c1ccccc1C. The van der Waals surface area contributed by atoms with Gasteiger partial charge in [-0.15, -0.1) is 0 Å². The summed E-state index contributed by atoms with van der Waals surface area (Å²) in [6.07, 6.45) is 0.197. The number of anilines is 2. The highest BCUT2D eigenvalue weighted by Gasteiger charge is 2.17. The number of fused-ring (bicyclic) bond motifs is 1. The summed E-state index contributed by atoms with van der Waals surface area (Å²) < 4.78 is 10.5. The van der Waals surface area contributed by atoms with Crippen LogP contribution in [0.1, 0.15) is 18.9 Å². The van der Waals surface area contributed by atoms with Crippen LogP contribution >= 0.6 is 0 Å². The van der Waals surface area contributed by atoms with Crippen LogP contribution in [-0.2, 0) is 9.59 Å². The van der Waals surface area contributed by atoms with Crippen molar-refractivity contribution < 1.29 is 19.1 Å². The molecule has 0 saturated heterocycles. The fraction of sp³-hybridized carbons (Fsp3) is 0.263. The van der Waals surface area contributed by atoms with Crippen LogP contribution in [0.25, 0.3) is 0 Å². The second-order valence-corrected chi connectivity index (χ2v) is 5.82. The molecule has 0 fully saturated rings. The third kappa shape index (κ3) is 3.91. The van der Waals surface area contributed by atoms with E-state index in [2.05, 4.69) is 5.32 Å². The maximum absolute atomic E-state index is 12.2. The molecule has 3 rings (SSSR count). The van der Waals surface area contributed by atoms with Crippen LogP contribution in [0, 0.1) is 6.92 Å². The van der Waals surface area contributed by atoms with Crippen LogP contribution in [0.5, 0.6) is 11.5 Å². The highest BCUT2D eigenvalue weighted by Crippen LogP contribution is 2.34. The van der Waals surface area contributed by atoms with Crippen molar-refractivity contribution in [2.24, 2.45) is 0 Å². The molecule has 2 amide bonds. The van der Waals surface area contributed by atoms with Gasteiger partial charge in [0.25, 0.3) is 0 Å². The average Bonchev–Trinajstić information content (AvgIpc) is 3.04. The summed E-state index contributed by atoms with van der Waals surface area (Å²) in [5, 5.41) is 2.82. The highest BCUT2D eigenvalue weighted by atomic mass is 16.7. The largest absolute Gasteiger partial charge is 0.454 e. The van der Waals surface area contributed by atoms with Gasteiger partial charge in [0.2, 0.25) is 18.6 Å². The normalized spacial score (nSPS) is 11.9. The van der Waals surface area contributed by atoms with Crippen molar-refractivity contribution in [1.82, 2.24) is 0 Å². The van der Waals surface area contributed by atoms with Crippen LogP contribution in [0.3, 0.4) is 0 Å². The van der Waals surface area contributed by atoms with Gasteiger partial charge >= 0.3 is 0 Å². The van der Waals surface area contributed by atoms with Gasteiger partial charge < -0.3 is 19.7 Å². The molecule has 0 atom stereocenters. The number of amides is 2. The molecule has 1 aliphatic heterocycles. The van der Waals surface area contributed by atoms with Gasteiger partial charge in [-0.1, -0.05) is 18.2 Å². The van der Waals surface area contributed by atoms with E-state index in [4.69, 9.17) is 9.47 Å². The Morgan fingerprint density at radius 3 is 2.64 bits per heavy atom. The van der Waals surface area contributed by atoms with E-state index in [9.17, 15) is 9.59 Å². The Hall–Kier alpha value is -3.02. The topological polar surface area (TPSA) is 67.9 Å². The molecule has 6 nitrogen and oxygen atoms in total. The first-order valence-corrected chi connectivity index (χ1v) is 8.08. The van der Waals surface area contributed by atoms with Gasteiger partial charge in [0, 0.05) is 37.3 Å². The number of rotatable bonds is 5. The minimum Gasteiger partial charge on any atom is -0.454 e. The molecular weight excluding hydrogens is 320 g/mol. The molecule has 0 bridgehead atoms. The fourth-order valence-corrected chi connectivity index (χ4v) is 2.72. The predicted molar refractivity (Wildman–Crippen MR) is 95.0 cm³/mol. The van der Waals surface area contributed by atoms with Crippen molar-refractivity contribution in [1.29, 1.82) is 0 Å². The summed E-state index contributed by atoms with van der Waals surface area (Å²) in [6, 6.07) is 12.9. The van der Waals surface area contributed by atoms with E-state index < -0.39 is 0 Å². The van der Waals surface area contributed by atoms with E-state index in [1.54, 1.807) is 23.1 Å². The summed E-state index contributed by atoms with van der Waals surface area (Å²) in [7, 11) is 0. The van der Waals surface area contributed by atoms with E-state index >= 15 is 0 Å². The Bertz CT molecular complexity index is 804. The summed E-state index contributed by atoms with van der Waals surface area (Å²) in [4.78, 5) is 25.8. The lowest BCUT2D eigenvalue weighted by atomic mass is 10.1. The Morgan fingerprint density at radius 1 is 1.12 bits per heavy atom. The van der Waals surface area contributed by atoms with Crippen molar-refractivity contribution in [3.8, 4) is 11.5 Å². The summed E-state index contributed by atoms with van der Waals surface area (Å²) in [6.45, 7) is 3.95. The van der Waals surface area contributed by atoms with Crippen LogP contribution in [0.4, 0.5) is 11.4 Å². The van der Waals surface area contributed by atoms with Gasteiger partial charge in [0.05, 0.1) is 0 Å². The zero-order valence-electron chi connectivity index (χ0n) is 14.2. The number of carbonyl (C=O) groups is 2. The molecule has 2 aromatic carbocycles. The van der Waals surface area contributed by atoms with Crippen molar-refractivity contribution in [3.63, 3.8) is 0 Å². The maximum Gasteiger partial charge on any atom is 0.231 e. The van der Waals surface area contributed by atoms with E-state index in [-0.39, 0.29) is 25.0 Å². The number of carbonyl (C=O) groups excluding carboxylic acids is 2. The lowest BCUT2D eigenvalue weighted by Crippen LogP contribution is -2.32. The highest BCUT2D eigenvalue weighted by molar-refractivity contribution is 5.95. The number of para-hydroxylation sites is 1. The maximum atomic E-state index is 12.2. The number of nitrogens with one attached hydrogen (secondary N) is 1. The van der Waals surface area contributed by atoms with Gasteiger partial charge in [-0.25, -0.2) is 0 Å². The van der Waals surface area contributed by atoms with Gasteiger partial charge in [0.15, 0.2) is 11.5 Å². The number of aryl methyl sites for hydroxylation is 1. The predicted octanol–water partition coefficient (Wildman–Crippen LogP) is 3.11. The lowest BCUT2D eigenvalue weighted by molar-refractivity contribution is -0.117. The quantitative estimate of drug-likeness (QED) is 0.908. The number of hydrogen-bond donors (Lipinski definition) is 1. The molecular formula is C19H20N2O4. The van der Waals surface area contributed by atoms with Crippen molar-refractivity contribution in [3.05, 3.63) is 48.0 Å². The van der Waals surface area contributed by atoms with Crippen LogP contribution in [0.2, 0.25) is 0 Å². The Balaban J connectivity index is 1.62. The van der Waals surface area contributed by atoms with E-state index in [1.165, 1.54) is 6.92 Å². The molecule has 0 aliphatic carbocycles. The van der Waals surface area contributed by atoms with E-state index in [1.807, 2.05) is 31.2 Å². The van der Waals surface area contributed by atoms with Crippen molar-refractivity contribution in [2.75, 3.05) is 23.6 Å². The van der Waals surface area contributed by atoms with Gasteiger partial charge in [-0.2, -0.15) is 0 Å². The molecule has 0 saturated carbocycles. The summed E-state index contributed by atoms with van der Waals surface area (Å²) >= 11 is 0. The first-order chi connectivity index (χ1) is 12.0. The zero-order valence-corrected chi connectivity index (χ0v) is 14.2. The first-order valence-electron chi connectivity index (χ1n) is 8.08. The third-order valence-corrected chi connectivity index (χ3v) is 4.01. The molecule has 25 heavy (non-hydrogen) atoms. The molecule has 6 heteroatoms. The van der Waals surface area contributed by atoms with Gasteiger partial charge in [0.1, 0.15) is 0 Å². The second kappa shape index (κ2) is 7.25. The lowest BCUT2D eigenvalue weighted by Gasteiger charge is -2.22. The smallest absolute Gasteiger partial charge is 0.231 e. The zero-order chi connectivity index (χ0) is 17.8. The van der Waals surface area contributed by atoms with Gasteiger partial charge in [-0.3, -0.25) is 9.59 Å². The number of hydrogen-bond acceptors (Lipinski definition) is 4. The van der Waals surface area contributed by atoms with Crippen LogP contribution in [-0.4, -0.2) is 25.2 Å². The van der Waals surface area contributed by atoms with E-state index in [0.717, 1.165) is 11.3 Å². The standard InChI is InChI=1S/C19H20N2O4/c1-13-5-3-4-6-16(13)21(14(2)22)10-9-19(23)20-15-7-8-17-18(11-15)25-12-24-17/h3-8,11H,9-10,12H2,1-2H3,(H,20,23). The third-order valence-electron chi connectivity index (χ3n) is 4.01. The first kappa shape index (κ1) is 16.8. The number of benzene rings is 2. The molecule has 0 spiro atoms.